The van der Waals surface area contributed by atoms with Crippen LogP contribution in [-0.4, -0.2) is 62.9 Å². The molecule has 41 heavy (non-hydrogen) atoms. The van der Waals surface area contributed by atoms with Crippen molar-refractivity contribution < 1.29 is 19.4 Å². The van der Waals surface area contributed by atoms with E-state index in [9.17, 15) is 14.7 Å². The maximum atomic E-state index is 14.1. The molecule has 1 aromatic heterocycles. The number of amides is 1. The molecule has 2 aliphatic rings. The lowest BCUT2D eigenvalue weighted by molar-refractivity contribution is -0.139. The molecule has 4 aromatic rings. The monoisotopic (exact) mass is 553 g/mol. The van der Waals surface area contributed by atoms with E-state index < -0.39 is 12.1 Å². The number of methoxy groups -OCH3 is 1. The van der Waals surface area contributed by atoms with Crippen LogP contribution in [0.5, 0.6) is 11.5 Å². The number of aromatic hydroxyl groups is 1. The van der Waals surface area contributed by atoms with Gasteiger partial charge in [0, 0.05) is 26.6 Å². The molecule has 1 amide bonds. The molecule has 0 radical (unpaired) electrons. The standard InChI is InChI=1S/C32H35N5O4/c1-36-28-11-5-21(16-27(28)34-35-36)6-12-30(39)29-17-22(15-20-3-8-25(41-2)9-4-20)19-37(29)32(40)31-26-10-7-24(38)18-23(26)13-14-33-31/h3-5,7-11,16,18,22,29,31,33,38H,6,12-15,17,19H2,1-2H3/t22-,29+,31?/m1/s1. The summed E-state index contributed by atoms with van der Waals surface area (Å²) in [4.78, 5) is 29.6. The summed E-state index contributed by atoms with van der Waals surface area (Å²) in [5.74, 6) is 1.17. The lowest BCUT2D eigenvalue weighted by Crippen LogP contribution is -2.48. The lowest BCUT2D eigenvalue weighted by Gasteiger charge is -2.32. The predicted octanol–water partition coefficient (Wildman–Crippen LogP) is 3.53. The third-order valence-electron chi connectivity index (χ3n) is 8.49. The van der Waals surface area contributed by atoms with Crippen LogP contribution in [0, 0.1) is 5.92 Å². The Morgan fingerprint density at radius 1 is 1.07 bits per heavy atom. The Morgan fingerprint density at radius 3 is 2.68 bits per heavy atom. The first-order valence-corrected chi connectivity index (χ1v) is 14.2. The third-order valence-corrected chi connectivity index (χ3v) is 8.49. The summed E-state index contributed by atoms with van der Waals surface area (Å²) < 4.78 is 7.03. The van der Waals surface area contributed by atoms with E-state index in [2.05, 4.69) is 15.6 Å². The highest BCUT2D eigenvalue weighted by atomic mass is 16.5. The van der Waals surface area contributed by atoms with Gasteiger partial charge >= 0.3 is 0 Å². The molecule has 1 unspecified atom stereocenters. The summed E-state index contributed by atoms with van der Waals surface area (Å²) in [6, 6.07) is 18.1. The molecule has 0 bridgehead atoms. The number of phenols is 1. The van der Waals surface area contributed by atoms with Crippen molar-refractivity contribution in [2.24, 2.45) is 13.0 Å². The summed E-state index contributed by atoms with van der Waals surface area (Å²) in [6.45, 7) is 1.16. The van der Waals surface area contributed by atoms with Crippen LogP contribution >= 0.6 is 0 Å². The van der Waals surface area contributed by atoms with Crippen molar-refractivity contribution in [3.63, 3.8) is 0 Å². The third kappa shape index (κ3) is 5.54. The number of Topliss-reactive ketones (excluding diaryl/α,β-unsaturated/α-hetero) is 1. The first-order chi connectivity index (χ1) is 19.9. The van der Waals surface area contributed by atoms with Gasteiger partial charge in [-0.2, -0.15) is 0 Å². The number of hydrogen-bond acceptors (Lipinski definition) is 7. The van der Waals surface area contributed by atoms with Crippen molar-refractivity contribution in [2.75, 3.05) is 20.2 Å². The van der Waals surface area contributed by atoms with Crippen molar-refractivity contribution >= 4 is 22.7 Å². The lowest BCUT2D eigenvalue weighted by atomic mass is 9.92. The fraction of sp³-hybridized carbons (Fsp3) is 0.375. The van der Waals surface area contributed by atoms with Gasteiger partial charge in [-0.3, -0.25) is 9.59 Å². The topological polar surface area (TPSA) is 110 Å². The Morgan fingerprint density at radius 2 is 1.88 bits per heavy atom. The van der Waals surface area contributed by atoms with Crippen molar-refractivity contribution in [2.45, 2.75) is 44.2 Å². The number of hydrogen-bond donors (Lipinski definition) is 2. The van der Waals surface area contributed by atoms with Crippen LogP contribution in [0.4, 0.5) is 0 Å². The molecule has 0 saturated carbocycles. The van der Waals surface area contributed by atoms with Gasteiger partial charge in [0.05, 0.1) is 18.7 Å². The van der Waals surface area contributed by atoms with Crippen LogP contribution in [0.3, 0.4) is 0 Å². The molecule has 9 nitrogen and oxygen atoms in total. The molecule has 212 valence electrons. The number of nitrogens with zero attached hydrogens (tertiary/aromatic N) is 4. The van der Waals surface area contributed by atoms with Gasteiger partial charge in [0.25, 0.3) is 0 Å². The summed E-state index contributed by atoms with van der Waals surface area (Å²) in [6.07, 6.45) is 3.08. The number of carbonyl (C=O) groups is 2. The summed E-state index contributed by atoms with van der Waals surface area (Å²) in [5.41, 5.74) is 5.79. The molecular formula is C32H35N5O4. The summed E-state index contributed by atoms with van der Waals surface area (Å²) in [7, 11) is 3.50. The highest BCUT2D eigenvalue weighted by Gasteiger charge is 2.42. The van der Waals surface area contributed by atoms with Crippen molar-refractivity contribution in [3.05, 3.63) is 82.9 Å². The summed E-state index contributed by atoms with van der Waals surface area (Å²) >= 11 is 0. The van der Waals surface area contributed by atoms with Gasteiger partial charge < -0.3 is 20.1 Å². The quantitative estimate of drug-likeness (QED) is 0.344. The number of aromatic nitrogens is 3. The number of fused-ring (bicyclic) bond motifs is 2. The van der Waals surface area contributed by atoms with E-state index >= 15 is 0 Å². The number of aryl methyl sites for hydroxylation is 2. The zero-order chi connectivity index (χ0) is 28.5. The highest BCUT2D eigenvalue weighted by Crippen LogP contribution is 2.34. The van der Waals surface area contributed by atoms with Crippen LogP contribution in [0.25, 0.3) is 11.0 Å². The Kier molecular flexibility index (Phi) is 7.45. The number of ether oxygens (including phenoxy) is 1. The van der Waals surface area contributed by atoms with Gasteiger partial charge in [0.2, 0.25) is 5.91 Å². The van der Waals surface area contributed by atoms with E-state index in [1.54, 1.807) is 23.9 Å². The van der Waals surface area contributed by atoms with Gasteiger partial charge in [0.15, 0.2) is 5.78 Å². The fourth-order valence-corrected chi connectivity index (χ4v) is 6.33. The van der Waals surface area contributed by atoms with Gasteiger partial charge in [-0.25, -0.2) is 4.68 Å². The maximum absolute atomic E-state index is 14.1. The molecule has 2 aliphatic heterocycles. The van der Waals surface area contributed by atoms with Gasteiger partial charge in [-0.05, 0) is 90.3 Å². The number of rotatable bonds is 8. The average Bonchev–Trinajstić information content (AvgIpc) is 3.58. The number of carbonyl (C=O) groups excluding carboxylic acids is 2. The molecule has 3 heterocycles. The number of ketones is 1. The second-order valence-corrected chi connectivity index (χ2v) is 11.2. The minimum absolute atomic E-state index is 0.0757. The zero-order valence-electron chi connectivity index (χ0n) is 23.4. The molecule has 1 saturated heterocycles. The number of nitrogens with one attached hydrogen (secondary N) is 1. The van der Waals surface area contributed by atoms with Crippen LogP contribution < -0.4 is 10.1 Å². The smallest absolute Gasteiger partial charge is 0.244 e. The highest BCUT2D eigenvalue weighted by molar-refractivity contribution is 5.92. The van der Waals surface area contributed by atoms with Crippen molar-refractivity contribution in [1.29, 1.82) is 0 Å². The van der Waals surface area contributed by atoms with E-state index in [4.69, 9.17) is 4.74 Å². The molecule has 1 fully saturated rings. The first kappa shape index (κ1) is 27.0. The van der Waals surface area contributed by atoms with Crippen LogP contribution in [0.2, 0.25) is 0 Å². The normalized spacial score (nSPS) is 20.2. The average molecular weight is 554 g/mol. The number of benzene rings is 3. The minimum atomic E-state index is -0.534. The molecule has 3 aromatic carbocycles. The van der Waals surface area contributed by atoms with Crippen LogP contribution in [-0.2, 0) is 35.9 Å². The minimum Gasteiger partial charge on any atom is -0.508 e. The Labute approximate surface area is 239 Å². The summed E-state index contributed by atoms with van der Waals surface area (Å²) in [5, 5.41) is 21.6. The second kappa shape index (κ2) is 11.3. The number of likely N-dealkylation sites (tertiary alicyclic amines) is 1. The SMILES string of the molecule is COc1ccc(C[C@@H]2C[C@@H](C(=O)CCc3ccc4c(c3)nnn4C)N(C(=O)C3NCCc4cc(O)ccc43)C2)cc1. The molecule has 2 N–H and O–H groups in total. The molecular weight excluding hydrogens is 518 g/mol. The van der Waals surface area contributed by atoms with E-state index in [1.807, 2.05) is 60.5 Å². The molecule has 0 aliphatic carbocycles. The maximum Gasteiger partial charge on any atom is 0.244 e. The van der Waals surface area contributed by atoms with Crippen molar-refractivity contribution in [3.8, 4) is 11.5 Å². The fourth-order valence-electron chi connectivity index (χ4n) is 6.33. The molecule has 0 spiro atoms. The van der Waals surface area contributed by atoms with E-state index in [1.165, 1.54) is 0 Å². The van der Waals surface area contributed by atoms with Crippen LogP contribution in [0.1, 0.15) is 41.1 Å². The Balaban J connectivity index is 1.22. The largest absolute Gasteiger partial charge is 0.508 e. The molecule has 3 atom stereocenters. The van der Waals surface area contributed by atoms with E-state index in [-0.39, 0.29) is 23.4 Å². The first-order valence-electron chi connectivity index (χ1n) is 14.2. The predicted molar refractivity (Wildman–Crippen MR) is 155 cm³/mol. The second-order valence-electron chi connectivity index (χ2n) is 11.2. The zero-order valence-corrected chi connectivity index (χ0v) is 23.4. The number of phenolic OH excluding ortho intramolecular Hbond substituents is 1. The van der Waals surface area contributed by atoms with Gasteiger partial charge in [-0.15, -0.1) is 5.10 Å². The van der Waals surface area contributed by atoms with Gasteiger partial charge in [-0.1, -0.05) is 29.5 Å². The molecule has 6 rings (SSSR count). The van der Waals surface area contributed by atoms with Crippen molar-refractivity contribution in [1.82, 2.24) is 25.2 Å². The molecule has 9 heteroatoms. The Hall–Kier alpha value is -4.24. The van der Waals surface area contributed by atoms with E-state index in [0.29, 0.717) is 32.4 Å². The van der Waals surface area contributed by atoms with Gasteiger partial charge in [0.1, 0.15) is 23.1 Å². The van der Waals surface area contributed by atoms with Crippen LogP contribution in [0.15, 0.2) is 60.7 Å². The Bertz CT molecular complexity index is 1580. The van der Waals surface area contributed by atoms with E-state index in [0.717, 1.165) is 51.9 Å².